The normalized spacial score (nSPS) is 11.6. The molecule has 0 fully saturated rings. The average Bonchev–Trinajstić information content (AvgIpc) is 3.14. The van der Waals surface area contributed by atoms with E-state index < -0.39 is 11.7 Å². The van der Waals surface area contributed by atoms with Gasteiger partial charge in [0.05, 0.1) is 23.9 Å². The summed E-state index contributed by atoms with van der Waals surface area (Å²) in [5, 5.41) is 0. The monoisotopic (exact) mass is 725 g/mol. The number of aromatic nitrogens is 1. The molecule has 7 heteroatoms. The molecule has 0 saturated carbocycles. The highest BCUT2D eigenvalue weighted by molar-refractivity contribution is 5.89. The third kappa shape index (κ3) is 22.3. The van der Waals surface area contributed by atoms with Gasteiger partial charge in [-0.25, -0.2) is 4.79 Å². The van der Waals surface area contributed by atoms with Gasteiger partial charge in [0.1, 0.15) is 0 Å². The quantitative estimate of drug-likeness (QED) is 0.0889. The standard InChI is InChI=1S/C14H29N.C12H18.C10H11NO2.C9H9F3/c1-6-10-15(12-14(5)8-3)11-9-13(4)7-2;1-3-4-5-6-12-9-7-11(2)8-10-12;1-7(2)9-6-8(4-5-11-9)10(12)13-3;1-2-7-3-5-8(6-4-7)9(10,11)12/h8,13H,6-7,9-12H2,1-5H3;7-10H,3-6H2,1-2H3;4-6H,1H2,2-3H3;3-6H,2H2,1H3/b14-8+;;;/t13-;;;/m1.../s1. The molecule has 0 N–H and O–H groups in total. The van der Waals surface area contributed by atoms with Crippen LogP contribution in [-0.2, 0) is 23.8 Å². The highest BCUT2D eigenvalue weighted by Gasteiger charge is 2.29. The average molecular weight is 725 g/mol. The van der Waals surface area contributed by atoms with Crippen molar-refractivity contribution in [2.75, 3.05) is 26.7 Å². The first-order chi connectivity index (χ1) is 24.6. The first-order valence-corrected chi connectivity index (χ1v) is 18.9. The number of aryl methyl sites for hydroxylation is 3. The highest BCUT2D eigenvalue weighted by Crippen LogP contribution is 2.29. The summed E-state index contributed by atoms with van der Waals surface area (Å²) < 4.78 is 40.6. The van der Waals surface area contributed by atoms with E-state index in [0.717, 1.165) is 42.2 Å². The van der Waals surface area contributed by atoms with Crippen LogP contribution in [0.25, 0.3) is 5.57 Å². The number of halogens is 3. The fraction of sp³-hybridized carbons (Fsp3) is 0.511. The van der Waals surface area contributed by atoms with Crippen molar-refractivity contribution < 1.29 is 22.7 Å². The summed E-state index contributed by atoms with van der Waals surface area (Å²) in [5.74, 6) is 0.514. The second kappa shape index (κ2) is 27.9. The molecule has 4 nitrogen and oxygen atoms in total. The summed E-state index contributed by atoms with van der Waals surface area (Å²) in [6.45, 7) is 26.8. The number of pyridine rings is 1. The Bertz CT molecular complexity index is 1410. The minimum Gasteiger partial charge on any atom is -0.465 e. The van der Waals surface area contributed by atoms with Crippen LogP contribution in [0.3, 0.4) is 0 Å². The molecular formula is C45H67F3N2O2. The van der Waals surface area contributed by atoms with Gasteiger partial charge in [0.15, 0.2) is 0 Å². The maximum Gasteiger partial charge on any atom is 0.416 e. The van der Waals surface area contributed by atoms with Gasteiger partial charge in [-0.15, -0.1) is 0 Å². The molecule has 0 unspecified atom stereocenters. The Morgan fingerprint density at radius 2 is 1.54 bits per heavy atom. The molecule has 0 radical (unpaired) electrons. The van der Waals surface area contributed by atoms with Crippen molar-refractivity contribution in [2.24, 2.45) is 5.92 Å². The molecule has 0 bridgehead atoms. The summed E-state index contributed by atoms with van der Waals surface area (Å²) in [5.41, 5.74) is 6.70. The van der Waals surface area contributed by atoms with Crippen molar-refractivity contribution in [1.82, 2.24) is 9.88 Å². The summed E-state index contributed by atoms with van der Waals surface area (Å²) in [6, 6.07) is 17.4. The molecule has 1 atom stereocenters. The van der Waals surface area contributed by atoms with Crippen LogP contribution in [-0.4, -0.2) is 42.6 Å². The second-order valence-corrected chi connectivity index (χ2v) is 13.4. The lowest BCUT2D eigenvalue weighted by molar-refractivity contribution is -0.137. The largest absolute Gasteiger partial charge is 0.465 e. The van der Waals surface area contributed by atoms with Gasteiger partial charge < -0.3 is 4.74 Å². The number of esters is 1. The van der Waals surface area contributed by atoms with E-state index in [4.69, 9.17) is 0 Å². The van der Waals surface area contributed by atoms with Gasteiger partial charge in [-0.2, -0.15) is 13.2 Å². The van der Waals surface area contributed by atoms with Crippen molar-refractivity contribution >= 4 is 11.5 Å². The first-order valence-electron chi connectivity index (χ1n) is 18.9. The fourth-order valence-corrected chi connectivity index (χ4v) is 4.81. The van der Waals surface area contributed by atoms with Crippen LogP contribution in [0.2, 0.25) is 0 Å². The lowest BCUT2D eigenvalue weighted by Gasteiger charge is -2.23. The molecule has 3 aromatic rings. The smallest absolute Gasteiger partial charge is 0.416 e. The Kier molecular flexibility index (Phi) is 25.9. The summed E-state index contributed by atoms with van der Waals surface area (Å²) in [6.07, 6.45) is 9.49. The predicted molar refractivity (Wildman–Crippen MR) is 216 cm³/mol. The zero-order chi connectivity index (χ0) is 39.5. The second-order valence-electron chi connectivity index (χ2n) is 13.4. The van der Waals surface area contributed by atoms with Crippen LogP contribution in [0.5, 0.6) is 0 Å². The molecule has 2 aromatic carbocycles. The Hall–Kier alpha value is -3.71. The van der Waals surface area contributed by atoms with Crippen molar-refractivity contribution in [1.29, 1.82) is 0 Å². The number of hydrogen-bond donors (Lipinski definition) is 0. The predicted octanol–water partition coefficient (Wildman–Crippen LogP) is 13.0. The first kappa shape index (κ1) is 48.3. The lowest BCUT2D eigenvalue weighted by Crippen LogP contribution is -2.28. The van der Waals surface area contributed by atoms with E-state index in [1.807, 2.05) is 13.8 Å². The number of ether oxygens (including phenoxy) is 1. The van der Waals surface area contributed by atoms with Crippen LogP contribution in [0.15, 0.2) is 85.1 Å². The molecule has 0 aliphatic heterocycles. The van der Waals surface area contributed by atoms with Crippen molar-refractivity contribution in [2.45, 2.75) is 120 Å². The van der Waals surface area contributed by atoms with Crippen LogP contribution in [0.4, 0.5) is 13.2 Å². The SMILES string of the molecule is C/C=C(\C)CN(CCC)CC[C@H](C)CC.C=C(C)c1cc(C(=O)OC)ccn1.CCCCCc1ccc(C)cc1.CCc1ccc(C(F)(F)F)cc1. The van der Waals surface area contributed by atoms with Gasteiger partial charge >= 0.3 is 12.1 Å². The molecule has 3 rings (SSSR count). The number of rotatable bonds is 15. The Balaban J connectivity index is 0.000000669. The third-order valence-corrected chi connectivity index (χ3v) is 8.64. The van der Waals surface area contributed by atoms with E-state index in [-0.39, 0.29) is 5.97 Å². The summed E-state index contributed by atoms with van der Waals surface area (Å²) in [4.78, 5) is 17.7. The topological polar surface area (TPSA) is 42.4 Å². The maximum absolute atomic E-state index is 12.0. The van der Waals surface area contributed by atoms with Gasteiger partial charge in [-0.1, -0.05) is 114 Å². The number of carbonyl (C=O) groups excluding carboxylic acids is 1. The van der Waals surface area contributed by atoms with Gasteiger partial charge in [0, 0.05) is 12.7 Å². The number of methoxy groups -OCH3 is 1. The van der Waals surface area contributed by atoms with E-state index >= 15 is 0 Å². The van der Waals surface area contributed by atoms with Crippen LogP contribution in [0, 0.1) is 12.8 Å². The summed E-state index contributed by atoms with van der Waals surface area (Å²) >= 11 is 0. The maximum atomic E-state index is 12.0. The van der Waals surface area contributed by atoms with Crippen molar-refractivity contribution in [3.05, 3.63) is 119 Å². The van der Waals surface area contributed by atoms with E-state index in [1.54, 1.807) is 18.3 Å². The molecule has 52 heavy (non-hydrogen) atoms. The Labute approximate surface area is 314 Å². The van der Waals surface area contributed by atoms with E-state index in [9.17, 15) is 18.0 Å². The van der Waals surface area contributed by atoms with Gasteiger partial charge in [0.2, 0.25) is 0 Å². The van der Waals surface area contributed by atoms with Crippen molar-refractivity contribution in [3.8, 4) is 0 Å². The zero-order valence-corrected chi connectivity index (χ0v) is 33.8. The molecule has 0 aliphatic rings. The number of hydrogen-bond acceptors (Lipinski definition) is 4. The molecule has 0 aliphatic carbocycles. The highest BCUT2D eigenvalue weighted by atomic mass is 19.4. The Morgan fingerprint density at radius 3 is 2.02 bits per heavy atom. The molecule has 0 amide bonds. The molecule has 1 aromatic heterocycles. The summed E-state index contributed by atoms with van der Waals surface area (Å²) in [7, 11) is 1.35. The molecule has 0 spiro atoms. The number of benzene rings is 2. The van der Waals surface area contributed by atoms with Crippen LogP contribution < -0.4 is 0 Å². The molecule has 290 valence electrons. The molecular weight excluding hydrogens is 658 g/mol. The van der Waals surface area contributed by atoms with Crippen LogP contribution in [0.1, 0.15) is 132 Å². The van der Waals surface area contributed by atoms with Gasteiger partial charge in [0.25, 0.3) is 0 Å². The van der Waals surface area contributed by atoms with Gasteiger partial charge in [-0.05, 0) is 120 Å². The van der Waals surface area contributed by atoms with E-state index in [2.05, 4.69) is 100 Å². The van der Waals surface area contributed by atoms with E-state index in [1.165, 1.54) is 94.0 Å². The molecule has 0 saturated heterocycles. The minimum absolute atomic E-state index is 0.357. The molecule has 1 heterocycles. The number of unbranched alkanes of at least 4 members (excludes halogenated alkanes) is 2. The number of nitrogens with zero attached hydrogens (tertiary/aromatic N) is 2. The number of carbonyl (C=O) groups is 1. The Morgan fingerprint density at radius 1 is 0.923 bits per heavy atom. The third-order valence-electron chi connectivity index (χ3n) is 8.64. The van der Waals surface area contributed by atoms with Crippen molar-refractivity contribution in [3.63, 3.8) is 0 Å². The van der Waals surface area contributed by atoms with Gasteiger partial charge in [-0.3, -0.25) is 9.88 Å². The lowest BCUT2D eigenvalue weighted by atomic mass is 10.0. The minimum atomic E-state index is -4.22. The van der Waals surface area contributed by atoms with Crippen LogP contribution >= 0.6 is 0 Å². The fourth-order valence-electron chi connectivity index (χ4n) is 4.81. The number of alkyl halides is 3. The number of allylic oxidation sites excluding steroid dienone is 2. The zero-order valence-electron chi connectivity index (χ0n) is 33.8. The van der Waals surface area contributed by atoms with E-state index in [0.29, 0.717) is 11.3 Å².